The van der Waals surface area contributed by atoms with Gasteiger partial charge in [-0.15, -0.1) is 24.8 Å². The monoisotopic (exact) mass is 377 g/mol. The van der Waals surface area contributed by atoms with E-state index >= 15 is 0 Å². The summed E-state index contributed by atoms with van der Waals surface area (Å²) in [6, 6.07) is 10.4. The number of ether oxygens (including phenoxy) is 1. The zero-order valence-electron chi connectivity index (χ0n) is 14.2. The Morgan fingerprint density at radius 1 is 1.21 bits per heavy atom. The van der Waals surface area contributed by atoms with E-state index in [9.17, 15) is 4.79 Å². The van der Waals surface area contributed by atoms with Crippen LogP contribution < -0.4 is 10.6 Å². The van der Waals surface area contributed by atoms with Gasteiger partial charge in [-0.2, -0.15) is 0 Å². The lowest BCUT2D eigenvalue weighted by Gasteiger charge is -2.23. The first-order valence-corrected chi connectivity index (χ1v) is 8.06. The van der Waals surface area contributed by atoms with Crippen LogP contribution in [0.25, 0.3) is 0 Å². The summed E-state index contributed by atoms with van der Waals surface area (Å²) in [5.41, 5.74) is 1.27. The number of nitrogens with zero attached hydrogens (tertiary/aromatic N) is 1. The molecule has 5 nitrogen and oxygen atoms in total. The minimum atomic E-state index is 0. The van der Waals surface area contributed by atoms with Gasteiger partial charge in [-0.25, -0.2) is 0 Å². The van der Waals surface area contributed by atoms with Crippen molar-refractivity contribution >= 4 is 30.7 Å². The van der Waals surface area contributed by atoms with E-state index in [0.29, 0.717) is 13.2 Å². The molecule has 1 aromatic rings. The Morgan fingerprint density at radius 3 is 2.67 bits per heavy atom. The Kier molecular flexibility index (Phi) is 13.0. The fourth-order valence-electron chi connectivity index (χ4n) is 2.82. The molecular formula is C17H29Cl2N3O2. The third kappa shape index (κ3) is 7.81. The SMILES string of the molecule is COCCNCCNC(=O)C1CCCN1Cc1ccccc1.Cl.Cl. The van der Waals surface area contributed by atoms with Gasteiger partial charge < -0.3 is 15.4 Å². The molecule has 0 aliphatic carbocycles. The molecule has 7 heteroatoms. The van der Waals surface area contributed by atoms with Crippen molar-refractivity contribution in [1.82, 2.24) is 15.5 Å². The number of methoxy groups -OCH3 is 1. The number of hydrogen-bond donors (Lipinski definition) is 2. The molecule has 1 unspecified atom stereocenters. The molecule has 0 spiro atoms. The first kappa shape index (κ1) is 23.1. The lowest BCUT2D eigenvalue weighted by atomic mass is 10.1. The number of carbonyl (C=O) groups excluding carboxylic acids is 1. The third-order valence-electron chi connectivity index (χ3n) is 3.98. The lowest BCUT2D eigenvalue weighted by molar-refractivity contribution is -0.125. The van der Waals surface area contributed by atoms with Crippen LogP contribution in [-0.2, 0) is 16.1 Å². The van der Waals surface area contributed by atoms with Crippen LogP contribution in [0.3, 0.4) is 0 Å². The summed E-state index contributed by atoms with van der Waals surface area (Å²) < 4.78 is 4.96. The fourth-order valence-corrected chi connectivity index (χ4v) is 2.82. The minimum absolute atomic E-state index is 0. The van der Waals surface area contributed by atoms with E-state index in [1.165, 1.54) is 5.56 Å². The minimum Gasteiger partial charge on any atom is -0.383 e. The number of halogens is 2. The highest BCUT2D eigenvalue weighted by molar-refractivity contribution is 5.85. The highest BCUT2D eigenvalue weighted by atomic mass is 35.5. The van der Waals surface area contributed by atoms with Crippen molar-refractivity contribution in [1.29, 1.82) is 0 Å². The summed E-state index contributed by atoms with van der Waals surface area (Å²) in [4.78, 5) is 14.6. The molecule has 0 saturated carbocycles. The largest absolute Gasteiger partial charge is 0.383 e. The molecule has 1 amide bonds. The van der Waals surface area contributed by atoms with Gasteiger partial charge in [0.05, 0.1) is 12.6 Å². The van der Waals surface area contributed by atoms with Gasteiger partial charge in [0.25, 0.3) is 0 Å². The molecule has 2 rings (SSSR count). The number of likely N-dealkylation sites (tertiary alicyclic amines) is 1. The lowest BCUT2D eigenvalue weighted by Crippen LogP contribution is -2.44. The van der Waals surface area contributed by atoms with Gasteiger partial charge in [0.15, 0.2) is 0 Å². The molecule has 1 fully saturated rings. The van der Waals surface area contributed by atoms with E-state index in [1.54, 1.807) is 7.11 Å². The first-order chi connectivity index (χ1) is 10.8. The second-order valence-corrected chi connectivity index (χ2v) is 5.65. The Labute approximate surface area is 157 Å². The van der Waals surface area contributed by atoms with E-state index in [-0.39, 0.29) is 36.8 Å². The average Bonchev–Trinajstić information content (AvgIpc) is 3.00. The van der Waals surface area contributed by atoms with Crippen LogP contribution in [0.1, 0.15) is 18.4 Å². The third-order valence-corrected chi connectivity index (χ3v) is 3.98. The molecular weight excluding hydrogens is 349 g/mol. The number of amides is 1. The number of rotatable bonds is 9. The Balaban J connectivity index is 0.00000264. The van der Waals surface area contributed by atoms with Crippen LogP contribution >= 0.6 is 24.8 Å². The van der Waals surface area contributed by atoms with Gasteiger partial charge >= 0.3 is 0 Å². The maximum atomic E-state index is 12.3. The van der Waals surface area contributed by atoms with Gasteiger partial charge in [-0.3, -0.25) is 9.69 Å². The van der Waals surface area contributed by atoms with Gasteiger partial charge in [-0.1, -0.05) is 30.3 Å². The van der Waals surface area contributed by atoms with Crippen LogP contribution in [0, 0.1) is 0 Å². The van der Waals surface area contributed by atoms with Gasteiger partial charge in [0.2, 0.25) is 5.91 Å². The van der Waals surface area contributed by atoms with E-state index in [1.807, 2.05) is 18.2 Å². The van der Waals surface area contributed by atoms with Crippen LogP contribution in [0.4, 0.5) is 0 Å². The van der Waals surface area contributed by atoms with Crippen LogP contribution in [-0.4, -0.2) is 56.7 Å². The van der Waals surface area contributed by atoms with E-state index in [0.717, 1.165) is 39.0 Å². The second kappa shape index (κ2) is 13.4. The Hall–Kier alpha value is -0.850. The Morgan fingerprint density at radius 2 is 1.96 bits per heavy atom. The predicted molar refractivity (Wildman–Crippen MR) is 102 cm³/mol. The molecule has 1 aliphatic rings. The van der Waals surface area contributed by atoms with Crippen molar-refractivity contribution in [2.45, 2.75) is 25.4 Å². The summed E-state index contributed by atoms with van der Waals surface area (Å²) in [5.74, 6) is 0.155. The maximum absolute atomic E-state index is 12.3. The molecule has 0 radical (unpaired) electrons. The van der Waals surface area contributed by atoms with Gasteiger partial charge in [0, 0.05) is 33.3 Å². The topological polar surface area (TPSA) is 53.6 Å². The zero-order chi connectivity index (χ0) is 15.6. The molecule has 1 aliphatic heterocycles. The summed E-state index contributed by atoms with van der Waals surface area (Å²) >= 11 is 0. The average molecular weight is 378 g/mol. The molecule has 0 aromatic heterocycles. The van der Waals surface area contributed by atoms with Crippen molar-refractivity contribution in [3.63, 3.8) is 0 Å². The molecule has 2 N–H and O–H groups in total. The standard InChI is InChI=1S/C17H27N3O2.2ClH/c1-22-13-11-18-9-10-19-17(21)16-8-5-12-20(16)14-15-6-3-2-4-7-15;;/h2-4,6-7,16,18H,5,8-14H2,1H3,(H,19,21);2*1H. The predicted octanol–water partition coefficient (Wildman–Crippen LogP) is 1.85. The number of carbonyl (C=O) groups is 1. The van der Waals surface area contributed by atoms with Gasteiger partial charge in [0.1, 0.15) is 0 Å². The number of hydrogen-bond acceptors (Lipinski definition) is 4. The summed E-state index contributed by atoms with van der Waals surface area (Å²) in [6.45, 7) is 4.81. The van der Waals surface area contributed by atoms with Crippen LogP contribution in [0.15, 0.2) is 30.3 Å². The van der Waals surface area contributed by atoms with Crippen LogP contribution in [0.5, 0.6) is 0 Å². The van der Waals surface area contributed by atoms with Crippen molar-refractivity contribution in [2.75, 3.05) is 39.9 Å². The highest BCUT2D eigenvalue weighted by Crippen LogP contribution is 2.20. The normalized spacial score (nSPS) is 17.0. The molecule has 1 saturated heterocycles. The van der Waals surface area contributed by atoms with E-state index in [4.69, 9.17) is 4.74 Å². The first-order valence-electron chi connectivity index (χ1n) is 8.06. The molecule has 1 heterocycles. The Bertz CT molecular complexity index is 449. The van der Waals surface area contributed by atoms with Gasteiger partial charge in [-0.05, 0) is 24.9 Å². The van der Waals surface area contributed by atoms with Crippen molar-refractivity contribution in [2.24, 2.45) is 0 Å². The fraction of sp³-hybridized carbons (Fsp3) is 0.588. The molecule has 24 heavy (non-hydrogen) atoms. The summed E-state index contributed by atoms with van der Waals surface area (Å²) in [6.07, 6.45) is 2.05. The highest BCUT2D eigenvalue weighted by Gasteiger charge is 2.30. The van der Waals surface area contributed by atoms with E-state index < -0.39 is 0 Å². The maximum Gasteiger partial charge on any atom is 0.237 e. The van der Waals surface area contributed by atoms with Crippen molar-refractivity contribution in [3.8, 4) is 0 Å². The smallest absolute Gasteiger partial charge is 0.237 e. The van der Waals surface area contributed by atoms with Crippen LogP contribution in [0.2, 0.25) is 0 Å². The molecule has 0 bridgehead atoms. The zero-order valence-corrected chi connectivity index (χ0v) is 15.8. The second-order valence-electron chi connectivity index (χ2n) is 5.65. The molecule has 1 atom stereocenters. The summed E-state index contributed by atoms with van der Waals surface area (Å²) in [5, 5.41) is 6.26. The number of nitrogens with one attached hydrogen (secondary N) is 2. The number of benzene rings is 1. The quantitative estimate of drug-likeness (QED) is 0.644. The molecule has 1 aromatic carbocycles. The van der Waals surface area contributed by atoms with Crippen molar-refractivity contribution < 1.29 is 9.53 Å². The van der Waals surface area contributed by atoms with E-state index in [2.05, 4.69) is 27.7 Å². The summed E-state index contributed by atoms with van der Waals surface area (Å²) in [7, 11) is 1.69. The molecule has 138 valence electrons. The van der Waals surface area contributed by atoms with Crippen molar-refractivity contribution in [3.05, 3.63) is 35.9 Å².